The third kappa shape index (κ3) is 7.82. The van der Waals surface area contributed by atoms with Crippen molar-refractivity contribution in [2.75, 3.05) is 26.9 Å². The van der Waals surface area contributed by atoms with Gasteiger partial charge >= 0.3 is 0 Å². The van der Waals surface area contributed by atoms with Gasteiger partial charge in [-0.15, -0.1) is 0 Å². The van der Waals surface area contributed by atoms with Crippen LogP contribution in [0.3, 0.4) is 0 Å². The van der Waals surface area contributed by atoms with Crippen molar-refractivity contribution in [1.29, 1.82) is 0 Å². The van der Waals surface area contributed by atoms with Crippen LogP contribution >= 0.6 is 0 Å². The Morgan fingerprint density at radius 2 is 1.44 bits per heavy atom. The van der Waals surface area contributed by atoms with Gasteiger partial charge in [-0.1, -0.05) is 74.0 Å². The molecule has 3 nitrogen and oxygen atoms in total. The van der Waals surface area contributed by atoms with Crippen LogP contribution in [0.15, 0.2) is 60.7 Å². The van der Waals surface area contributed by atoms with E-state index < -0.39 is 0 Å². The Morgan fingerprint density at radius 3 is 1.92 bits per heavy atom. The predicted molar refractivity (Wildman–Crippen MR) is 104 cm³/mol. The number of hydrogen-bond donors (Lipinski definition) is 0. The van der Waals surface area contributed by atoms with E-state index in [1.165, 1.54) is 11.1 Å². The van der Waals surface area contributed by atoms with Gasteiger partial charge < -0.3 is 9.47 Å². The standard InChI is InChI=1S/C22H31NO2/c1-3-4-15-25-19-22(24-2)18-23(16-20-11-7-5-8-12-20)17-21-13-9-6-10-14-21/h5-14,22H,3-4,15-19H2,1-2H3. The lowest BCUT2D eigenvalue weighted by Crippen LogP contribution is -2.35. The first-order valence-electron chi connectivity index (χ1n) is 9.22. The van der Waals surface area contributed by atoms with E-state index in [0.717, 1.165) is 39.1 Å². The molecular weight excluding hydrogens is 310 g/mol. The molecule has 25 heavy (non-hydrogen) atoms. The Hall–Kier alpha value is -1.68. The molecule has 2 rings (SSSR count). The summed E-state index contributed by atoms with van der Waals surface area (Å²) in [6.45, 7) is 6.31. The number of hydrogen-bond acceptors (Lipinski definition) is 3. The van der Waals surface area contributed by atoms with Crippen LogP contribution in [0.2, 0.25) is 0 Å². The summed E-state index contributed by atoms with van der Waals surface area (Å²) in [5, 5.41) is 0. The van der Waals surface area contributed by atoms with Crippen molar-refractivity contribution >= 4 is 0 Å². The highest BCUT2D eigenvalue weighted by Crippen LogP contribution is 2.12. The van der Waals surface area contributed by atoms with Crippen molar-refractivity contribution in [3.8, 4) is 0 Å². The van der Waals surface area contributed by atoms with Crippen LogP contribution in [-0.2, 0) is 22.6 Å². The monoisotopic (exact) mass is 341 g/mol. The molecule has 1 atom stereocenters. The molecule has 2 aromatic carbocycles. The van der Waals surface area contributed by atoms with E-state index in [1.807, 2.05) is 0 Å². The van der Waals surface area contributed by atoms with Gasteiger partial charge in [-0.3, -0.25) is 4.90 Å². The fourth-order valence-electron chi connectivity index (χ4n) is 2.81. The maximum atomic E-state index is 5.78. The molecule has 2 aromatic rings. The molecule has 3 heteroatoms. The van der Waals surface area contributed by atoms with Crippen molar-refractivity contribution in [1.82, 2.24) is 4.90 Å². The quantitative estimate of drug-likeness (QED) is 0.530. The molecule has 0 aromatic heterocycles. The van der Waals surface area contributed by atoms with E-state index in [2.05, 4.69) is 72.5 Å². The van der Waals surface area contributed by atoms with Crippen LogP contribution < -0.4 is 0 Å². The molecule has 0 spiro atoms. The molecule has 0 heterocycles. The zero-order valence-corrected chi connectivity index (χ0v) is 15.6. The molecule has 1 unspecified atom stereocenters. The van der Waals surface area contributed by atoms with Crippen molar-refractivity contribution in [3.63, 3.8) is 0 Å². The van der Waals surface area contributed by atoms with E-state index in [4.69, 9.17) is 9.47 Å². The summed E-state index contributed by atoms with van der Waals surface area (Å²) < 4.78 is 11.4. The number of benzene rings is 2. The molecule has 0 N–H and O–H groups in total. The van der Waals surface area contributed by atoms with Gasteiger partial charge in [0.25, 0.3) is 0 Å². The first kappa shape index (κ1) is 19.6. The molecule has 0 saturated carbocycles. The second-order valence-electron chi connectivity index (χ2n) is 6.43. The average molecular weight is 341 g/mol. The Morgan fingerprint density at radius 1 is 0.880 bits per heavy atom. The number of unbranched alkanes of at least 4 members (excludes halogenated alkanes) is 1. The highest BCUT2D eigenvalue weighted by molar-refractivity contribution is 5.17. The maximum Gasteiger partial charge on any atom is 0.0931 e. The predicted octanol–water partition coefficient (Wildman–Crippen LogP) is 4.52. The Kier molecular flexibility index (Phi) is 9.27. The molecule has 0 aliphatic rings. The maximum absolute atomic E-state index is 5.78. The summed E-state index contributed by atoms with van der Waals surface area (Å²) >= 11 is 0. The van der Waals surface area contributed by atoms with Crippen molar-refractivity contribution in [2.24, 2.45) is 0 Å². The minimum absolute atomic E-state index is 0.0873. The van der Waals surface area contributed by atoms with E-state index in [1.54, 1.807) is 7.11 Å². The molecule has 0 bridgehead atoms. The number of rotatable bonds is 12. The highest BCUT2D eigenvalue weighted by atomic mass is 16.5. The smallest absolute Gasteiger partial charge is 0.0931 e. The summed E-state index contributed by atoms with van der Waals surface area (Å²) in [4.78, 5) is 2.43. The zero-order valence-electron chi connectivity index (χ0n) is 15.6. The first-order valence-corrected chi connectivity index (χ1v) is 9.22. The van der Waals surface area contributed by atoms with E-state index in [9.17, 15) is 0 Å². The van der Waals surface area contributed by atoms with Crippen LogP contribution in [0.25, 0.3) is 0 Å². The average Bonchev–Trinajstić information content (AvgIpc) is 2.66. The molecule has 0 aliphatic carbocycles. The summed E-state index contributed by atoms with van der Waals surface area (Å²) in [5.74, 6) is 0. The molecule has 136 valence electrons. The van der Waals surface area contributed by atoms with Gasteiger partial charge in [0.1, 0.15) is 0 Å². The third-order valence-corrected chi connectivity index (χ3v) is 4.24. The Labute approximate surface area is 152 Å². The second-order valence-corrected chi connectivity index (χ2v) is 6.43. The SMILES string of the molecule is CCCCOCC(CN(Cc1ccccc1)Cc1ccccc1)OC. The second kappa shape index (κ2) is 11.8. The van der Waals surface area contributed by atoms with Crippen LogP contribution in [0.1, 0.15) is 30.9 Å². The van der Waals surface area contributed by atoms with Crippen molar-refractivity contribution in [3.05, 3.63) is 71.8 Å². The molecular formula is C22H31NO2. The number of methoxy groups -OCH3 is 1. The lowest BCUT2D eigenvalue weighted by atomic mass is 10.1. The molecule has 0 fully saturated rings. The lowest BCUT2D eigenvalue weighted by molar-refractivity contribution is -0.0129. The Bertz CT molecular complexity index is 517. The van der Waals surface area contributed by atoms with Crippen LogP contribution in [0.4, 0.5) is 0 Å². The van der Waals surface area contributed by atoms with E-state index in [-0.39, 0.29) is 6.10 Å². The minimum atomic E-state index is 0.0873. The van der Waals surface area contributed by atoms with Crippen molar-refractivity contribution < 1.29 is 9.47 Å². The normalized spacial score (nSPS) is 12.4. The van der Waals surface area contributed by atoms with E-state index >= 15 is 0 Å². The summed E-state index contributed by atoms with van der Waals surface area (Å²) in [6, 6.07) is 21.2. The fourth-order valence-corrected chi connectivity index (χ4v) is 2.81. The van der Waals surface area contributed by atoms with Gasteiger partial charge in [0, 0.05) is 33.4 Å². The molecule has 0 amide bonds. The van der Waals surface area contributed by atoms with Gasteiger partial charge in [0.2, 0.25) is 0 Å². The summed E-state index contributed by atoms with van der Waals surface area (Å²) in [5.41, 5.74) is 2.64. The fraction of sp³-hybridized carbons (Fsp3) is 0.455. The van der Waals surface area contributed by atoms with Gasteiger partial charge in [-0.05, 0) is 17.5 Å². The highest BCUT2D eigenvalue weighted by Gasteiger charge is 2.15. The zero-order chi connectivity index (χ0) is 17.7. The van der Waals surface area contributed by atoms with E-state index in [0.29, 0.717) is 6.61 Å². The number of nitrogens with zero attached hydrogens (tertiary/aromatic N) is 1. The third-order valence-electron chi connectivity index (χ3n) is 4.24. The molecule has 0 aliphatic heterocycles. The lowest BCUT2D eigenvalue weighted by Gasteiger charge is -2.27. The van der Waals surface area contributed by atoms with Crippen LogP contribution in [-0.4, -0.2) is 37.9 Å². The van der Waals surface area contributed by atoms with Gasteiger partial charge in [0.05, 0.1) is 12.7 Å². The molecule has 0 saturated heterocycles. The van der Waals surface area contributed by atoms with Crippen LogP contribution in [0, 0.1) is 0 Å². The summed E-state index contributed by atoms with van der Waals surface area (Å²) in [7, 11) is 1.77. The van der Waals surface area contributed by atoms with Crippen LogP contribution in [0.5, 0.6) is 0 Å². The van der Waals surface area contributed by atoms with Gasteiger partial charge in [0.15, 0.2) is 0 Å². The summed E-state index contributed by atoms with van der Waals surface area (Å²) in [6.07, 6.45) is 2.35. The van der Waals surface area contributed by atoms with Gasteiger partial charge in [-0.25, -0.2) is 0 Å². The molecule has 0 radical (unpaired) electrons. The Balaban J connectivity index is 1.96. The number of ether oxygens (including phenoxy) is 2. The minimum Gasteiger partial charge on any atom is -0.379 e. The largest absolute Gasteiger partial charge is 0.379 e. The van der Waals surface area contributed by atoms with Gasteiger partial charge in [-0.2, -0.15) is 0 Å². The first-order chi connectivity index (χ1) is 12.3. The topological polar surface area (TPSA) is 21.7 Å². The van der Waals surface area contributed by atoms with Crippen molar-refractivity contribution in [2.45, 2.75) is 39.0 Å².